The summed E-state index contributed by atoms with van der Waals surface area (Å²) in [6, 6.07) is 0. The second-order valence-corrected chi connectivity index (χ2v) is 6.41. The molecule has 20 heavy (non-hydrogen) atoms. The molecule has 1 heterocycles. The number of aromatic nitrogens is 1. The first kappa shape index (κ1) is 16.5. The minimum atomic E-state index is -0.222. The Morgan fingerprint density at radius 3 is 2.35 bits per heavy atom. The number of rotatable bonds is 5. The molecular formula is C16H25NO3. The first-order valence-electron chi connectivity index (χ1n) is 6.91. The second-order valence-electron chi connectivity index (χ2n) is 6.41. The smallest absolute Gasteiger partial charge is 0.305 e. The van der Waals surface area contributed by atoms with Crippen LogP contribution in [0.3, 0.4) is 0 Å². The fraction of sp³-hybridized carbons (Fsp3) is 0.625. The Hall–Kier alpha value is -1.58. The van der Waals surface area contributed by atoms with Gasteiger partial charge in [-0.15, -0.1) is 0 Å². The summed E-state index contributed by atoms with van der Waals surface area (Å²) in [7, 11) is 1.39. The predicted molar refractivity (Wildman–Crippen MR) is 79.1 cm³/mol. The zero-order chi connectivity index (χ0) is 15.5. The van der Waals surface area contributed by atoms with Crippen LogP contribution >= 0.6 is 0 Å². The maximum atomic E-state index is 11.4. The number of esters is 1. The number of nitrogens with zero attached hydrogens (tertiary/aromatic N) is 1. The molecule has 0 saturated heterocycles. The van der Waals surface area contributed by atoms with Crippen molar-refractivity contribution in [3.05, 3.63) is 22.5 Å². The molecule has 0 N–H and O–H groups in total. The van der Waals surface area contributed by atoms with Crippen molar-refractivity contribution < 1.29 is 14.3 Å². The summed E-state index contributed by atoms with van der Waals surface area (Å²) in [5.41, 5.74) is 3.95. The average Bonchev–Trinajstić information content (AvgIpc) is 2.56. The highest BCUT2D eigenvalue weighted by Crippen LogP contribution is 2.26. The van der Waals surface area contributed by atoms with Gasteiger partial charge in [0, 0.05) is 18.7 Å². The van der Waals surface area contributed by atoms with Crippen molar-refractivity contribution in [3.8, 4) is 0 Å². The molecule has 0 aromatic carbocycles. The van der Waals surface area contributed by atoms with E-state index in [9.17, 15) is 9.59 Å². The highest BCUT2D eigenvalue weighted by Gasteiger charge is 2.21. The quantitative estimate of drug-likeness (QED) is 0.615. The van der Waals surface area contributed by atoms with Crippen LogP contribution in [0.2, 0.25) is 0 Å². The van der Waals surface area contributed by atoms with E-state index in [1.165, 1.54) is 7.11 Å². The summed E-state index contributed by atoms with van der Waals surface area (Å²) >= 11 is 0. The Balaban J connectivity index is 3.14. The van der Waals surface area contributed by atoms with Gasteiger partial charge < -0.3 is 9.30 Å². The van der Waals surface area contributed by atoms with Crippen LogP contribution in [0.15, 0.2) is 0 Å². The summed E-state index contributed by atoms with van der Waals surface area (Å²) in [6.45, 7) is 11.2. The molecule has 0 amide bonds. The van der Waals surface area contributed by atoms with Gasteiger partial charge in [0.05, 0.1) is 12.8 Å². The summed E-state index contributed by atoms with van der Waals surface area (Å²) in [6.07, 6.45) is 1.87. The molecule has 1 aromatic heterocycles. The van der Waals surface area contributed by atoms with Gasteiger partial charge >= 0.3 is 5.97 Å². The van der Waals surface area contributed by atoms with Crippen LogP contribution in [0, 0.1) is 19.3 Å². The SMILES string of the molecule is COC(=O)CCc1c(C)c(C=O)n(CC(C)(C)C)c1C. The van der Waals surface area contributed by atoms with Crippen molar-refractivity contribution in [1.82, 2.24) is 4.57 Å². The Kier molecular flexibility index (Phi) is 5.15. The number of hydrogen-bond acceptors (Lipinski definition) is 3. The van der Waals surface area contributed by atoms with E-state index in [-0.39, 0.29) is 11.4 Å². The maximum Gasteiger partial charge on any atom is 0.305 e. The van der Waals surface area contributed by atoms with Crippen molar-refractivity contribution in [3.63, 3.8) is 0 Å². The van der Waals surface area contributed by atoms with Crippen LogP contribution in [0.4, 0.5) is 0 Å². The van der Waals surface area contributed by atoms with Crippen molar-refractivity contribution >= 4 is 12.3 Å². The molecule has 0 bridgehead atoms. The minimum Gasteiger partial charge on any atom is -0.469 e. The third-order valence-corrected chi connectivity index (χ3v) is 3.52. The number of carbonyl (C=O) groups is 2. The van der Waals surface area contributed by atoms with Gasteiger partial charge in [0.25, 0.3) is 0 Å². The number of carbonyl (C=O) groups excluding carboxylic acids is 2. The molecule has 4 nitrogen and oxygen atoms in total. The lowest BCUT2D eigenvalue weighted by Crippen LogP contribution is -2.18. The molecule has 1 aromatic rings. The molecule has 0 atom stereocenters. The topological polar surface area (TPSA) is 48.3 Å². The predicted octanol–water partition coefficient (Wildman–Crippen LogP) is 3.07. The first-order valence-corrected chi connectivity index (χ1v) is 6.91. The van der Waals surface area contributed by atoms with Gasteiger partial charge in [-0.3, -0.25) is 9.59 Å². The Morgan fingerprint density at radius 1 is 1.30 bits per heavy atom. The largest absolute Gasteiger partial charge is 0.469 e. The van der Waals surface area contributed by atoms with Crippen molar-refractivity contribution in [1.29, 1.82) is 0 Å². The van der Waals surface area contributed by atoms with Crippen molar-refractivity contribution in [2.45, 2.75) is 54.0 Å². The van der Waals surface area contributed by atoms with E-state index in [0.717, 1.165) is 35.3 Å². The van der Waals surface area contributed by atoms with Crippen LogP contribution in [-0.4, -0.2) is 23.9 Å². The summed E-state index contributed by atoms with van der Waals surface area (Å²) < 4.78 is 6.74. The van der Waals surface area contributed by atoms with Gasteiger partial charge in [-0.05, 0) is 36.8 Å². The molecule has 0 saturated carbocycles. The molecule has 0 unspecified atom stereocenters. The van der Waals surface area contributed by atoms with Crippen molar-refractivity contribution in [2.24, 2.45) is 5.41 Å². The average molecular weight is 279 g/mol. The Bertz CT molecular complexity index is 507. The lowest BCUT2D eigenvalue weighted by atomic mass is 9.96. The monoisotopic (exact) mass is 279 g/mol. The van der Waals surface area contributed by atoms with Gasteiger partial charge in [-0.1, -0.05) is 20.8 Å². The van der Waals surface area contributed by atoms with Gasteiger partial charge in [0.1, 0.15) is 0 Å². The molecule has 0 fully saturated rings. The lowest BCUT2D eigenvalue weighted by Gasteiger charge is -2.21. The van der Waals surface area contributed by atoms with E-state index in [1.807, 2.05) is 13.8 Å². The number of aldehydes is 1. The lowest BCUT2D eigenvalue weighted by molar-refractivity contribution is -0.140. The highest BCUT2D eigenvalue weighted by molar-refractivity contribution is 5.77. The molecule has 0 spiro atoms. The number of methoxy groups -OCH3 is 1. The molecule has 1 rings (SSSR count). The molecule has 0 aliphatic heterocycles. The minimum absolute atomic E-state index is 0.0909. The molecule has 112 valence electrons. The van der Waals surface area contributed by atoms with Crippen LogP contribution in [-0.2, 0) is 22.5 Å². The Morgan fingerprint density at radius 2 is 1.90 bits per heavy atom. The fourth-order valence-corrected chi connectivity index (χ4v) is 2.50. The zero-order valence-corrected chi connectivity index (χ0v) is 13.4. The van der Waals surface area contributed by atoms with E-state index < -0.39 is 0 Å². The van der Waals surface area contributed by atoms with E-state index in [4.69, 9.17) is 0 Å². The standard InChI is InChI=1S/C16H25NO3/c1-11-13(7-8-15(19)20-6)12(2)17(14(11)9-18)10-16(3,4)5/h9H,7-8,10H2,1-6H3. The van der Waals surface area contributed by atoms with E-state index in [1.54, 1.807) is 0 Å². The maximum absolute atomic E-state index is 11.4. The normalized spacial score (nSPS) is 11.5. The molecular weight excluding hydrogens is 254 g/mol. The number of hydrogen-bond donors (Lipinski definition) is 0. The van der Waals surface area contributed by atoms with E-state index in [2.05, 4.69) is 30.1 Å². The summed E-state index contributed by atoms with van der Waals surface area (Å²) in [4.78, 5) is 22.7. The van der Waals surface area contributed by atoms with Crippen molar-refractivity contribution in [2.75, 3.05) is 7.11 Å². The van der Waals surface area contributed by atoms with Crippen LogP contribution < -0.4 is 0 Å². The van der Waals surface area contributed by atoms with E-state index >= 15 is 0 Å². The van der Waals surface area contributed by atoms with Gasteiger partial charge in [0.15, 0.2) is 6.29 Å². The zero-order valence-electron chi connectivity index (χ0n) is 13.4. The van der Waals surface area contributed by atoms with Gasteiger partial charge in [0.2, 0.25) is 0 Å². The Labute approximate surface area is 121 Å². The highest BCUT2D eigenvalue weighted by atomic mass is 16.5. The van der Waals surface area contributed by atoms with Gasteiger partial charge in [-0.2, -0.15) is 0 Å². The van der Waals surface area contributed by atoms with Crippen LogP contribution in [0.5, 0.6) is 0 Å². The van der Waals surface area contributed by atoms with Crippen LogP contribution in [0.25, 0.3) is 0 Å². The summed E-state index contributed by atoms with van der Waals surface area (Å²) in [5.74, 6) is -0.222. The summed E-state index contributed by atoms with van der Waals surface area (Å²) in [5, 5.41) is 0. The third-order valence-electron chi connectivity index (χ3n) is 3.52. The second kappa shape index (κ2) is 6.25. The molecule has 0 radical (unpaired) electrons. The molecule has 0 aliphatic rings. The molecule has 0 aliphatic carbocycles. The fourth-order valence-electron chi connectivity index (χ4n) is 2.50. The van der Waals surface area contributed by atoms with E-state index in [0.29, 0.717) is 12.8 Å². The third kappa shape index (κ3) is 3.71. The first-order chi connectivity index (χ1) is 9.21. The van der Waals surface area contributed by atoms with Crippen LogP contribution in [0.1, 0.15) is 54.5 Å². The number of ether oxygens (including phenoxy) is 1. The molecule has 4 heteroatoms. The van der Waals surface area contributed by atoms with Gasteiger partial charge in [-0.25, -0.2) is 0 Å².